The van der Waals surface area contributed by atoms with Gasteiger partial charge < -0.3 is 4.90 Å². The molecule has 0 N–H and O–H groups in total. The molecule has 94 valence electrons. The number of hydrogen-bond donors (Lipinski definition) is 0. The molecule has 2 aliphatic heterocycles. The molecular formula is C14H16N2OS. The van der Waals surface area contributed by atoms with Crippen molar-refractivity contribution in [1.29, 1.82) is 0 Å². The van der Waals surface area contributed by atoms with E-state index in [2.05, 4.69) is 18.7 Å². The number of carbonyl (C=O) groups excluding carboxylic acids is 1. The first-order valence-corrected chi connectivity index (χ1v) is 6.72. The van der Waals surface area contributed by atoms with Gasteiger partial charge >= 0.3 is 0 Å². The highest BCUT2D eigenvalue weighted by Gasteiger charge is 2.45. The third-order valence-corrected chi connectivity index (χ3v) is 4.36. The normalized spacial score (nSPS) is 22.9. The van der Waals surface area contributed by atoms with Crippen molar-refractivity contribution in [2.75, 3.05) is 11.4 Å². The first-order valence-electron chi connectivity index (χ1n) is 6.31. The van der Waals surface area contributed by atoms with Crippen molar-refractivity contribution in [3.8, 4) is 0 Å². The summed E-state index contributed by atoms with van der Waals surface area (Å²) in [6, 6.07) is 6.06. The molecule has 4 heteroatoms. The third kappa shape index (κ3) is 1.56. The molecule has 0 saturated carbocycles. The van der Waals surface area contributed by atoms with Gasteiger partial charge in [0.05, 0.1) is 5.69 Å². The lowest BCUT2D eigenvalue weighted by Gasteiger charge is -2.19. The molecule has 0 bridgehead atoms. The van der Waals surface area contributed by atoms with E-state index in [1.165, 1.54) is 11.1 Å². The molecule has 1 aromatic rings. The number of thiocarbonyl (C=S) groups is 1. The summed E-state index contributed by atoms with van der Waals surface area (Å²) in [6.45, 7) is 5.04. The van der Waals surface area contributed by atoms with Crippen molar-refractivity contribution >= 4 is 28.9 Å². The van der Waals surface area contributed by atoms with Gasteiger partial charge in [0.25, 0.3) is 5.91 Å². The van der Waals surface area contributed by atoms with Gasteiger partial charge in [0.15, 0.2) is 5.11 Å². The van der Waals surface area contributed by atoms with Crippen LogP contribution in [0.3, 0.4) is 0 Å². The molecule has 1 amide bonds. The Morgan fingerprint density at radius 3 is 2.72 bits per heavy atom. The zero-order valence-electron chi connectivity index (χ0n) is 10.6. The maximum atomic E-state index is 12.4. The van der Waals surface area contributed by atoms with E-state index in [0.717, 1.165) is 25.1 Å². The highest BCUT2D eigenvalue weighted by molar-refractivity contribution is 7.80. The van der Waals surface area contributed by atoms with Gasteiger partial charge in [-0.25, -0.2) is 0 Å². The number of benzene rings is 1. The molecule has 1 atom stereocenters. The number of aryl methyl sites for hydroxylation is 2. The summed E-state index contributed by atoms with van der Waals surface area (Å²) in [5, 5.41) is 0.672. The van der Waals surface area contributed by atoms with Crippen molar-refractivity contribution < 1.29 is 4.79 Å². The van der Waals surface area contributed by atoms with Crippen LogP contribution in [0, 0.1) is 13.8 Å². The molecule has 0 spiro atoms. The largest absolute Gasteiger partial charge is 0.336 e. The van der Waals surface area contributed by atoms with Crippen molar-refractivity contribution in [3.63, 3.8) is 0 Å². The SMILES string of the molecule is Cc1ccc(N2C(=O)[C@H]3CCCN3C2=S)cc1C. The second-order valence-corrected chi connectivity index (χ2v) is 5.44. The molecule has 0 radical (unpaired) electrons. The highest BCUT2D eigenvalue weighted by atomic mass is 32.1. The summed E-state index contributed by atoms with van der Waals surface area (Å²) >= 11 is 5.44. The molecule has 2 heterocycles. The molecule has 3 rings (SSSR count). The lowest BCUT2D eigenvalue weighted by Crippen LogP contribution is -2.32. The van der Waals surface area contributed by atoms with E-state index in [4.69, 9.17) is 12.2 Å². The van der Waals surface area contributed by atoms with Crippen LogP contribution in [-0.2, 0) is 4.79 Å². The van der Waals surface area contributed by atoms with Crippen LogP contribution in [0.4, 0.5) is 5.69 Å². The van der Waals surface area contributed by atoms with E-state index in [1.54, 1.807) is 4.90 Å². The van der Waals surface area contributed by atoms with Crippen LogP contribution in [-0.4, -0.2) is 28.5 Å². The van der Waals surface area contributed by atoms with Crippen LogP contribution >= 0.6 is 12.2 Å². The first-order chi connectivity index (χ1) is 8.59. The lowest BCUT2D eigenvalue weighted by atomic mass is 10.1. The van der Waals surface area contributed by atoms with E-state index in [-0.39, 0.29) is 11.9 Å². The molecule has 0 aromatic heterocycles. The van der Waals surface area contributed by atoms with E-state index >= 15 is 0 Å². The average Bonchev–Trinajstić information content (AvgIpc) is 2.89. The minimum Gasteiger partial charge on any atom is -0.336 e. The fourth-order valence-electron chi connectivity index (χ4n) is 2.73. The van der Waals surface area contributed by atoms with Crippen molar-refractivity contribution in [1.82, 2.24) is 4.90 Å². The quantitative estimate of drug-likeness (QED) is 0.724. The fourth-order valence-corrected chi connectivity index (χ4v) is 3.14. The zero-order valence-corrected chi connectivity index (χ0v) is 11.5. The van der Waals surface area contributed by atoms with E-state index in [9.17, 15) is 4.79 Å². The number of hydrogen-bond acceptors (Lipinski definition) is 2. The summed E-state index contributed by atoms with van der Waals surface area (Å²) in [5.74, 6) is 0.140. The van der Waals surface area contributed by atoms with Crippen LogP contribution in [0.15, 0.2) is 18.2 Å². The molecule has 0 aliphatic carbocycles. The summed E-state index contributed by atoms with van der Waals surface area (Å²) in [5.41, 5.74) is 3.33. The zero-order chi connectivity index (χ0) is 12.9. The summed E-state index contributed by atoms with van der Waals surface area (Å²) < 4.78 is 0. The van der Waals surface area contributed by atoms with Gasteiger partial charge in [0, 0.05) is 6.54 Å². The number of amides is 1. The van der Waals surface area contributed by atoms with Gasteiger partial charge in [-0.3, -0.25) is 9.69 Å². The maximum Gasteiger partial charge on any atom is 0.256 e. The predicted molar refractivity (Wildman–Crippen MR) is 75.7 cm³/mol. The Labute approximate surface area is 112 Å². The Kier molecular flexibility index (Phi) is 2.63. The van der Waals surface area contributed by atoms with Gasteiger partial charge in [-0.05, 0) is 62.2 Å². The second-order valence-electron chi connectivity index (χ2n) is 5.08. The number of rotatable bonds is 1. The minimum atomic E-state index is -0.0147. The molecule has 2 aliphatic rings. The number of fused-ring (bicyclic) bond motifs is 1. The Morgan fingerprint density at radius 1 is 1.28 bits per heavy atom. The topological polar surface area (TPSA) is 23.6 Å². The van der Waals surface area contributed by atoms with Crippen LogP contribution in [0.1, 0.15) is 24.0 Å². The summed E-state index contributed by atoms with van der Waals surface area (Å²) in [6.07, 6.45) is 2.00. The summed E-state index contributed by atoms with van der Waals surface area (Å²) in [4.78, 5) is 16.2. The number of nitrogens with zero attached hydrogens (tertiary/aromatic N) is 2. The number of anilines is 1. The minimum absolute atomic E-state index is 0.0147. The van der Waals surface area contributed by atoms with Crippen LogP contribution in [0.5, 0.6) is 0 Å². The fraction of sp³-hybridized carbons (Fsp3) is 0.429. The molecule has 2 saturated heterocycles. The average molecular weight is 260 g/mol. The van der Waals surface area contributed by atoms with Gasteiger partial charge in [-0.15, -0.1) is 0 Å². The molecule has 3 nitrogen and oxygen atoms in total. The number of carbonyl (C=O) groups is 1. The monoisotopic (exact) mass is 260 g/mol. The molecule has 18 heavy (non-hydrogen) atoms. The van der Waals surface area contributed by atoms with E-state index < -0.39 is 0 Å². The maximum absolute atomic E-state index is 12.4. The van der Waals surface area contributed by atoms with Gasteiger partial charge in [-0.2, -0.15) is 0 Å². The smallest absolute Gasteiger partial charge is 0.256 e. The van der Waals surface area contributed by atoms with Crippen molar-refractivity contribution in [3.05, 3.63) is 29.3 Å². The van der Waals surface area contributed by atoms with Crippen molar-refractivity contribution in [2.24, 2.45) is 0 Å². The molecule has 0 unspecified atom stereocenters. The third-order valence-electron chi connectivity index (χ3n) is 3.94. The lowest BCUT2D eigenvalue weighted by molar-refractivity contribution is -0.119. The predicted octanol–water partition coefficient (Wildman–Crippen LogP) is 2.40. The van der Waals surface area contributed by atoms with E-state index in [0.29, 0.717) is 5.11 Å². The Hall–Kier alpha value is -1.42. The van der Waals surface area contributed by atoms with Gasteiger partial charge in [-0.1, -0.05) is 6.07 Å². The molecule has 2 fully saturated rings. The van der Waals surface area contributed by atoms with Crippen LogP contribution in [0.2, 0.25) is 0 Å². The first kappa shape index (κ1) is 11.7. The van der Waals surface area contributed by atoms with Crippen LogP contribution < -0.4 is 4.90 Å². The molecular weight excluding hydrogens is 244 g/mol. The van der Waals surface area contributed by atoms with Crippen LogP contribution in [0.25, 0.3) is 0 Å². The Bertz CT molecular complexity index is 519. The molecule has 1 aromatic carbocycles. The highest BCUT2D eigenvalue weighted by Crippen LogP contribution is 2.32. The van der Waals surface area contributed by atoms with Gasteiger partial charge in [0.2, 0.25) is 0 Å². The van der Waals surface area contributed by atoms with Crippen molar-refractivity contribution in [2.45, 2.75) is 32.7 Å². The van der Waals surface area contributed by atoms with E-state index in [1.807, 2.05) is 18.2 Å². The van der Waals surface area contributed by atoms with Gasteiger partial charge in [0.1, 0.15) is 6.04 Å². The summed E-state index contributed by atoms with van der Waals surface area (Å²) in [7, 11) is 0. The Balaban J connectivity index is 1.99. The standard InChI is InChI=1S/C14H16N2OS/c1-9-5-6-11(8-10(9)2)16-13(17)12-4-3-7-15(12)14(16)18/h5-6,8,12H,3-4,7H2,1-2H3/t12-/m1/s1. The Morgan fingerprint density at radius 2 is 2.06 bits per heavy atom. The second kappa shape index (κ2) is 4.05.